The molecule has 236 valence electrons. The lowest BCUT2D eigenvalue weighted by molar-refractivity contribution is 1.06. The van der Waals surface area contributed by atoms with Crippen molar-refractivity contribution in [3.63, 3.8) is 0 Å². The molecule has 7 aromatic rings. The van der Waals surface area contributed by atoms with Gasteiger partial charge in [-0.1, -0.05) is 116 Å². The first-order valence-electron chi connectivity index (χ1n) is 17.3. The highest BCUT2D eigenvalue weighted by Crippen LogP contribution is 2.39. The molecule has 0 fully saturated rings. The van der Waals surface area contributed by atoms with Gasteiger partial charge in [-0.2, -0.15) is 0 Å². The molecule has 0 bridgehead atoms. The summed E-state index contributed by atoms with van der Waals surface area (Å²) >= 11 is 0. The Labute approximate surface area is 288 Å². The molecule has 0 N–H and O–H groups in total. The molecule has 8 rings (SSSR count). The van der Waals surface area contributed by atoms with Crippen LogP contribution in [0.2, 0.25) is 0 Å². The van der Waals surface area contributed by atoms with E-state index in [9.17, 15) is 0 Å². The number of rotatable bonds is 7. The Morgan fingerprint density at radius 2 is 1.37 bits per heavy atom. The Morgan fingerprint density at radius 3 is 2.08 bits per heavy atom. The van der Waals surface area contributed by atoms with Crippen LogP contribution in [-0.2, 0) is 0 Å². The quantitative estimate of drug-likeness (QED) is 0.129. The predicted molar refractivity (Wildman–Crippen MR) is 210 cm³/mol. The lowest BCUT2D eigenvalue weighted by atomic mass is 9.87. The van der Waals surface area contributed by atoms with Gasteiger partial charge in [-0.05, 0) is 134 Å². The van der Waals surface area contributed by atoms with Gasteiger partial charge in [0, 0.05) is 18.0 Å². The molecule has 2 nitrogen and oxygen atoms in total. The monoisotopic (exact) mass is 630 g/mol. The van der Waals surface area contributed by atoms with Crippen LogP contribution in [-0.4, -0.2) is 9.97 Å². The first kappa shape index (κ1) is 30.5. The van der Waals surface area contributed by atoms with Crippen molar-refractivity contribution in [1.29, 1.82) is 0 Å². The van der Waals surface area contributed by atoms with Crippen molar-refractivity contribution in [2.24, 2.45) is 0 Å². The van der Waals surface area contributed by atoms with E-state index in [1.54, 1.807) is 0 Å². The van der Waals surface area contributed by atoms with E-state index in [0.717, 1.165) is 47.4 Å². The van der Waals surface area contributed by atoms with Gasteiger partial charge in [0.1, 0.15) is 0 Å². The molecular formula is C47H38N2. The minimum atomic E-state index is 0.925. The molecule has 0 atom stereocenters. The van der Waals surface area contributed by atoms with Crippen molar-refractivity contribution in [3.8, 4) is 22.4 Å². The number of fused-ring (bicyclic) bond motifs is 6. The Morgan fingerprint density at radius 1 is 0.653 bits per heavy atom. The Bertz CT molecular complexity index is 2440. The third-order valence-electron chi connectivity index (χ3n) is 9.67. The zero-order chi connectivity index (χ0) is 33.2. The summed E-state index contributed by atoms with van der Waals surface area (Å²) in [6.07, 6.45) is 18.0. The minimum Gasteiger partial charge on any atom is -0.264 e. The summed E-state index contributed by atoms with van der Waals surface area (Å²) in [6, 6.07) is 42.1. The second-order valence-corrected chi connectivity index (χ2v) is 12.7. The van der Waals surface area contributed by atoms with Gasteiger partial charge in [0.2, 0.25) is 0 Å². The fourth-order valence-corrected chi connectivity index (χ4v) is 7.20. The van der Waals surface area contributed by atoms with Crippen LogP contribution in [0.5, 0.6) is 0 Å². The molecule has 0 saturated heterocycles. The van der Waals surface area contributed by atoms with Crippen LogP contribution >= 0.6 is 0 Å². The summed E-state index contributed by atoms with van der Waals surface area (Å²) in [5.41, 5.74) is 11.5. The fraction of sp³-hybridized carbons (Fsp3) is 0.106. The van der Waals surface area contributed by atoms with Crippen LogP contribution in [0.25, 0.3) is 71.4 Å². The largest absolute Gasteiger partial charge is 0.264 e. The van der Waals surface area contributed by atoms with E-state index in [1.807, 2.05) is 18.5 Å². The molecule has 49 heavy (non-hydrogen) atoms. The van der Waals surface area contributed by atoms with Gasteiger partial charge in [0.15, 0.2) is 0 Å². The smallest absolute Gasteiger partial charge is 0.0731 e. The van der Waals surface area contributed by atoms with E-state index in [2.05, 4.69) is 158 Å². The molecular weight excluding hydrogens is 593 g/mol. The van der Waals surface area contributed by atoms with Crippen LogP contribution in [0, 0.1) is 0 Å². The third kappa shape index (κ3) is 5.91. The molecule has 2 aromatic heterocycles. The average Bonchev–Trinajstić information content (AvgIpc) is 3.18. The summed E-state index contributed by atoms with van der Waals surface area (Å²) in [4.78, 5) is 9.47. The van der Waals surface area contributed by atoms with Gasteiger partial charge in [0.05, 0.1) is 11.4 Å². The predicted octanol–water partition coefficient (Wildman–Crippen LogP) is 12.9. The normalized spacial score (nSPS) is 13.7. The third-order valence-corrected chi connectivity index (χ3v) is 9.67. The molecule has 1 aliphatic carbocycles. The lowest BCUT2D eigenvalue weighted by Gasteiger charge is -2.17. The highest BCUT2D eigenvalue weighted by atomic mass is 14.7. The maximum atomic E-state index is 5.09. The van der Waals surface area contributed by atoms with E-state index in [0.29, 0.717) is 0 Å². The van der Waals surface area contributed by atoms with Crippen molar-refractivity contribution < 1.29 is 0 Å². The minimum absolute atomic E-state index is 0.925. The van der Waals surface area contributed by atoms with Gasteiger partial charge < -0.3 is 0 Å². The van der Waals surface area contributed by atoms with E-state index < -0.39 is 0 Å². The molecule has 1 aliphatic rings. The molecule has 0 spiro atoms. The van der Waals surface area contributed by atoms with E-state index in [1.165, 1.54) is 60.2 Å². The molecule has 5 aromatic carbocycles. The van der Waals surface area contributed by atoms with Crippen LogP contribution in [0.4, 0.5) is 0 Å². The van der Waals surface area contributed by atoms with Gasteiger partial charge in [0.25, 0.3) is 0 Å². The number of nitrogens with zero attached hydrogens (tertiary/aromatic N) is 2. The van der Waals surface area contributed by atoms with Gasteiger partial charge >= 0.3 is 0 Å². The molecule has 0 radical (unpaired) electrons. The summed E-state index contributed by atoms with van der Waals surface area (Å²) in [5, 5.41) is 7.84. The number of aromatic nitrogens is 2. The highest BCUT2D eigenvalue weighted by molar-refractivity contribution is 6.25. The van der Waals surface area contributed by atoms with Gasteiger partial charge in [-0.15, -0.1) is 0 Å². The molecule has 2 heterocycles. The highest BCUT2D eigenvalue weighted by Gasteiger charge is 2.15. The SMILES string of the molecule is C/C=C(\C=C/CC)c1cc(-c2cccc(C3=CC(c4ccc5c6ccccc6c6ccccc6c5c4)=CCC3)c2)cc(-c2cccnc2)n1. The maximum Gasteiger partial charge on any atom is 0.0731 e. The molecule has 0 aliphatic heterocycles. The lowest BCUT2D eigenvalue weighted by Crippen LogP contribution is -1.96. The number of benzene rings is 5. The zero-order valence-electron chi connectivity index (χ0n) is 28.0. The number of hydrogen-bond acceptors (Lipinski definition) is 2. The van der Waals surface area contributed by atoms with E-state index >= 15 is 0 Å². The summed E-state index contributed by atoms with van der Waals surface area (Å²) in [7, 11) is 0. The molecule has 0 unspecified atom stereocenters. The first-order chi connectivity index (χ1) is 24.2. The number of hydrogen-bond donors (Lipinski definition) is 0. The van der Waals surface area contributed by atoms with Crippen LogP contribution in [0.3, 0.4) is 0 Å². The summed E-state index contributed by atoms with van der Waals surface area (Å²) in [5.74, 6) is 0. The summed E-state index contributed by atoms with van der Waals surface area (Å²) < 4.78 is 0. The fourth-order valence-electron chi connectivity index (χ4n) is 7.20. The van der Waals surface area contributed by atoms with Crippen molar-refractivity contribution in [2.45, 2.75) is 33.1 Å². The van der Waals surface area contributed by atoms with Crippen molar-refractivity contribution >= 4 is 49.0 Å². The van der Waals surface area contributed by atoms with Crippen molar-refractivity contribution in [1.82, 2.24) is 9.97 Å². The first-order valence-corrected chi connectivity index (χ1v) is 17.3. The molecule has 0 amide bonds. The number of allylic oxidation sites excluding steroid dienone is 8. The summed E-state index contributed by atoms with van der Waals surface area (Å²) in [6.45, 7) is 4.24. The average molecular weight is 631 g/mol. The van der Waals surface area contributed by atoms with Gasteiger partial charge in [-0.3, -0.25) is 4.98 Å². The van der Waals surface area contributed by atoms with Crippen LogP contribution < -0.4 is 0 Å². The zero-order valence-corrected chi connectivity index (χ0v) is 28.0. The van der Waals surface area contributed by atoms with Gasteiger partial charge in [-0.25, -0.2) is 4.98 Å². The number of pyridine rings is 2. The molecule has 0 saturated carbocycles. The second-order valence-electron chi connectivity index (χ2n) is 12.7. The van der Waals surface area contributed by atoms with Crippen molar-refractivity contribution in [2.75, 3.05) is 0 Å². The second kappa shape index (κ2) is 13.3. The van der Waals surface area contributed by atoms with Crippen molar-refractivity contribution in [3.05, 3.63) is 175 Å². The Balaban J connectivity index is 1.19. The van der Waals surface area contributed by atoms with Crippen LogP contribution in [0.1, 0.15) is 49.9 Å². The van der Waals surface area contributed by atoms with Crippen LogP contribution in [0.15, 0.2) is 158 Å². The van der Waals surface area contributed by atoms with E-state index in [-0.39, 0.29) is 0 Å². The van der Waals surface area contributed by atoms with E-state index in [4.69, 9.17) is 4.98 Å². The maximum absolute atomic E-state index is 5.09. The Kier molecular flexibility index (Phi) is 8.29. The molecule has 2 heteroatoms. The standard InChI is InChI=1S/C47H38N2/c1-3-5-13-32(4-2)46-29-39(30-47(49-46)38-18-12-25-48-31-38)36-17-11-15-34(27-36)33-14-10-16-35(26-33)37-23-24-44-42-21-7-6-19-40(42)41-20-8-9-22-43(41)45(44)28-37/h4-9,11-13,15-31H,3,10,14H2,1-2H3/b13-5-,32-4+. The topological polar surface area (TPSA) is 25.8 Å². The Hall–Kier alpha value is -5.86.